The number of rotatable bonds is 8. The molecule has 5 nitrogen and oxygen atoms in total. The third-order valence-corrected chi connectivity index (χ3v) is 3.91. The molecule has 27 heavy (non-hydrogen) atoms. The Morgan fingerprint density at radius 2 is 1.74 bits per heavy atom. The molecule has 1 rings (SSSR count). The molecule has 0 aliphatic carbocycles. The predicted octanol–water partition coefficient (Wildman–Crippen LogP) is 3.35. The zero-order valence-electron chi connectivity index (χ0n) is 15.7. The molecular formula is C19H24F3NO4. The van der Waals surface area contributed by atoms with E-state index in [0.717, 1.165) is 13.2 Å². The van der Waals surface area contributed by atoms with E-state index >= 15 is 0 Å². The van der Waals surface area contributed by atoms with E-state index in [2.05, 4.69) is 10.1 Å². The lowest BCUT2D eigenvalue weighted by molar-refractivity contribution is -0.266. The van der Waals surface area contributed by atoms with Crippen LogP contribution in [0.5, 0.6) is 0 Å². The Morgan fingerprint density at radius 3 is 2.19 bits per heavy atom. The van der Waals surface area contributed by atoms with Crippen LogP contribution in [0.25, 0.3) is 0 Å². The fraction of sp³-hybridized carbons (Fsp3) is 0.474. The number of hydrogen-bond donors (Lipinski definition) is 1. The van der Waals surface area contributed by atoms with Crippen LogP contribution in [0.4, 0.5) is 13.2 Å². The minimum absolute atomic E-state index is 0.0529. The number of hydrogen-bond acceptors (Lipinski definition) is 4. The number of alkyl halides is 3. The number of methoxy groups -OCH3 is 2. The number of halogens is 3. The van der Waals surface area contributed by atoms with Crippen molar-refractivity contribution in [3.63, 3.8) is 0 Å². The Bertz CT molecular complexity index is 659. The van der Waals surface area contributed by atoms with Crippen molar-refractivity contribution in [2.45, 2.75) is 38.1 Å². The third kappa shape index (κ3) is 5.56. The molecule has 150 valence electrons. The molecule has 0 aliphatic rings. The monoisotopic (exact) mass is 387 g/mol. The van der Waals surface area contributed by atoms with Crippen LogP contribution in [0.1, 0.15) is 25.8 Å². The average Bonchev–Trinajstić information content (AvgIpc) is 2.59. The van der Waals surface area contributed by atoms with Crippen molar-refractivity contribution in [2.24, 2.45) is 5.92 Å². The highest BCUT2D eigenvalue weighted by Crippen LogP contribution is 2.42. The van der Waals surface area contributed by atoms with Gasteiger partial charge in [0.25, 0.3) is 11.5 Å². The highest BCUT2D eigenvalue weighted by atomic mass is 19.4. The molecule has 0 radical (unpaired) electrons. The summed E-state index contributed by atoms with van der Waals surface area (Å²) in [6.07, 6.45) is -2.29. The molecule has 0 spiro atoms. The molecule has 0 aliphatic heterocycles. The van der Waals surface area contributed by atoms with Crippen molar-refractivity contribution < 1.29 is 32.2 Å². The first-order chi connectivity index (χ1) is 12.6. The van der Waals surface area contributed by atoms with Gasteiger partial charge in [0.15, 0.2) is 0 Å². The molecule has 0 unspecified atom stereocenters. The van der Waals surface area contributed by atoms with Gasteiger partial charge in [-0.2, -0.15) is 13.2 Å². The molecule has 0 fully saturated rings. The number of carbonyl (C=O) groups excluding carboxylic acids is 2. The molecule has 1 amide bonds. The van der Waals surface area contributed by atoms with Crippen LogP contribution >= 0.6 is 0 Å². The fourth-order valence-electron chi connectivity index (χ4n) is 2.65. The summed E-state index contributed by atoms with van der Waals surface area (Å²) in [5.41, 5.74) is -3.50. The Morgan fingerprint density at radius 1 is 1.15 bits per heavy atom. The molecular weight excluding hydrogens is 363 g/mol. The first-order valence-corrected chi connectivity index (χ1v) is 8.33. The predicted molar refractivity (Wildman–Crippen MR) is 93.7 cm³/mol. The smallest absolute Gasteiger partial charge is 0.430 e. The molecule has 0 aromatic heterocycles. The van der Waals surface area contributed by atoms with Crippen LogP contribution in [-0.2, 0) is 24.7 Å². The SMILES string of the molecule is COC(=O)/C=C/[C@H](CC(C)C)NC(=O)[C@@](OC)(c1ccccc1)C(F)(F)F. The highest BCUT2D eigenvalue weighted by molar-refractivity contribution is 5.88. The Labute approximate surface area is 156 Å². The Balaban J connectivity index is 3.27. The van der Waals surface area contributed by atoms with Gasteiger partial charge in [-0.3, -0.25) is 4.79 Å². The Kier molecular flexibility index (Phi) is 8.02. The molecule has 1 aromatic rings. The molecule has 8 heteroatoms. The molecule has 0 saturated heterocycles. The van der Waals surface area contributed by atoms with Gasteiger partial charge in [0.2, 0.25) is 0 Å². The minimum atomic E-state index is -5.00. The van der Waals surface area contributed by atoms with Crippen LogP contribution in [0, 0.1) is 5.92 Å². The molecule has 0 saturated carbocycles. The van der Waals surface area contributed by atoms with E-state index in [1.54, 1.807) is 6.07 Å². The van der Waals surface area contributed by atoms with Gasteiger partial charge in [-0.05, 0) is 12.3 Å². The summed E-state index contributed by atoms with van der Waals surface area (Å²) in [5.74, 6) is -1.98. The van der Waals surface area contributed by atoms with Crippen molar-refractivity contribution in [3.8, 4) is 0 Å². The summed E-state index contributed by atoms with van der Waals surface area (Å²) in [5, 5.41) is 2.35. The second-order valence-electron chi connectivity index (χ2n) is 6.34. The highest BCUT2D eigenvalue weighted by Gasteiger charge is 2.62. The summed E-state index contributed by atoms with van der Waals surface area (Å²) in [7, 11) is 2.01. The molecule has 2 atom stereocenters. The lowest BCUT2D eigenvalue weighted by atomic mass is 9.90. The van der Waals surface area contributed by atoms with Crippen molar-refractivity contribution in [1.82, 2.24) is 5.32 Å². The zero-order valence-corrected chi connectivity index (χ0v) is 15.7. The summed E-state index contributed by atoms with van der Waals surface area (Å²) in [6, 6.07) is 5.88. The van der Waals surface area contributed by atoms with Crippen molar-refractivity contribution in [3.05, 3.63) is 48.0 Å². The maximum Gasteiger partial charge on any atom is 0.430 e. The summed E-state index contributed by atoms with van der Waals surface area (Å²) in [4.78, 5) is 24.0. The number of ether oxygens (including phenoxy) is 2. The van der Waals surface area contributed by atoms with E-state index in [9.17, 15) is 22.8 Å². The van der Waals surface area contributed by atoms with Gasteiger partial charge in [-0.1, -0.05) is 50.3 Å². The van der Waals surface area contributed by atoms with Gasteiger partial charge in [-0.25, -0.2) is 4.79 Å². The zero-order chi connectivity index (χ0) is 20.7. The fourth-order valence-corrected chi connectivity index (χ4v) is 2.65. The van der Waals surface area contributed by atoms with Gasteiger partial charge < -0.3 is 14.8 Å². The molecule has 1 aromatic carbocycles. The van der Waals surface area contributed by atoms with Crippen LogP contribution in [0.15, 0.2) is 42.5 Å². The van der Waals surface area contributed by atoms with E-state index < -0.39 is 29.7 Å². The first-order valence-electron chi connectivity index (χ1n) is 8.33. The van der Waals surface area contributed by atoms with E-state index in [0.29, 0.717) is 6.42 Å². The number of amides is 1. The second-order valence-corrected chi connectivity index (χ2v) is 6.34. The maximum atomic E-state index is 13.9. The summed E-state index contributed by atoms with van der Waals surface area (Å²) in [6.45, 7) is 3.69. The quantitative estimate of drug-likeness (QED) is 0.549. The van der Waals surface area contributed by atoms with E-state index in [1.165, 1.54) is 37.5 Å². The van der Waals surface area contributed by atoms with E-state index in [-0.39, 0.29) is 11.5 Å². The summed E-state index contributed by atoms with van der Waals surface area (Å²) >= 11 is 0. The van der Waals surface area contributed by atoms with Crippen LogP contribution in [-0.4, -0.2) is 38.3 Å². The van der Waals surface area contributed by atoms with Gasteiger partial charge in [0.1, 0.15) is 0 Å². The molecule has 0 heterocycles. The lowest BCUT2D eigenvalue weighted by Crippen LogP contribution is -2.57. The average molecular weight is 387 g/mol. The van der Waals surface area contributed by atoms with Gasteiger partial charge in [0.05, 0.1) is 7.11 Å². The van der Waals surface area contributed by atoms with Crippen molar-refractivity contribution >= 4 is 11.9 Å². The normalized spacial score (nSPS) is 15.4. The van der Waals surface area contributed by atoms with Crippen molar-refractivity contribution in [1.29, 1.82) is 0 Å². The Hall–Kier alpha value is -2.35. The third-order valence-electron chi connectivity index (χ3n) is 3.91. The van der Waals surface area contributed by atoms with Gasteiger partial charge in [-0.15, -0.1) is 0 Å². The van der Waals surface area contributed by atoms with Gasteiger partial charge >= 0.3 is 12.1 Å². The topological polar surface area (TPSA) is 64.6 Å². The number of esters is 1. The number of benzene rings is 1. The van der Waals surface area contributed by atoms with Crippen LogP contribution in [0.3, 0.4) is 0 Å². The second kappa shape index (κ2) is 9.55. The minimum Gasteiger partial charge on any atom is -0.466 e. The molecule has 1 N–H and O–H groups in total. The van der Waals surface area contributed by atoms with E-state index in [1.807, 2.05) is 13.8 Å². The van der Waals surface area contributed by atoms with Crippen molar-refractivity contribution in [2.75, 3.05) is 14.2 Å². The first kappa shape index (κ1) is 22.7. The van der Waals surface area contributed by atoms with Gasteiger partial charge in [0, 0.05) is 24.8 Å². The standard InChI is InChI=1S/C19H24F3NO4/c1-13(2)12-15(10-11-16(24)26-3)23-17(25)18(27-4,19(20,21)22)14-8-6-5-7-9-14/h5-11,13,15H,12H2,1-4H3,(H,23,25)/b11-10+/t15-,18+/m1/s1. The lowest BCUT2D eigenvalue weighted by Gasteiger charge is -2.34. The number of carbonyl (C=O) groups is 2. The molecule has 0 bridgehead atoms. The largest absolute Gasteiger partial charge is 0.466 e. The maximum absolute atomic E-state index is 13.9. The van der Waals surface area contributed by atoms with Crippen LogP contribution < -0.4 is 5.32 Å². The number of nitrogens with one attached hydrogen (secondary N) is 1. The summed E-state index contributed by atoms with van der Waals surface area (Å²) < 4.78 is 51.0. The van der Waals surface area contributed by atoms with Crippen LogP contribution in [0.2, 0.25) is 0 Å². The van der Waals surface area contributed by atoms with E-state index in [4.69, 9.17) is 4.74 Å².